The van der Waals surface area contributed by atoms with Crippen LogP contribution in [0.2, 0.25) is 0 Å². The highest BCUT2D eigenvalue weighted by Gasteiger charge is 2.34. The Labute approximate surface area is 84.8 Å². The summed E-state index contributed by atoms with van der Waals surface area (Å²) in [5.41, 5.74) is 0. The number of thioether (sulfide) groups is 1. The first-order valence-electron chi connectivity index (χ1n) is 5.27. The molecular formula is C10H19NOS. The van der Waals surface area contributed by atoms with Crippen LogP contribution in [-0.4, -0.2) is 30.4 Å². The van der Waals surface area contributed by atoms with Gasteiger partial charge in [-0.15, -0.1) is 11.8 Å². The van der Waals surface area contributed by atoms with Crippen molar-refractivity contribution in [1.82, 2.24) is 5.32 Å². The van der Waals surface area contributed by atoms with Crippen LogP contribution in [0.25, 0.3) is 0 Å². The number of ether oxygens (including phenoxy) is 1. The van der Waals surface area contributed by atoms with Gasteiger partial charge in [0.05, 0.1) is 4.87 Å². The quantitative estimate of drug-likeness (QED) is 0.646. The maximum absolute atomic E-state index is 5.50. The standard InChI is InChI=1S/C10H19NOS/c1-9-7-11-10(13-8-9)3-2-5-12-6-4-10/h9,11H,2-8H2,1H3. The molecule has 1 spiro atoms. The van der Waals surface area contributed by atoms with Crippen LogP contribution < -0.4 is 5.32 Å². The molecule has 2 saturated heterocycles. The first-order valence-corrected chi connectivity index (χ1v) is 6.26. The fourth-order valence-corrected chi connectivity index (χ4v) is 3.44. The van der Waals surface area contributed by atoms with Gasteiger partial charge in [-0.05, 0) is 37.5 Å². The zero-order chi connectivity index (χ0) is 9.15. The average Bonchev–Trinajstić information content (AvgIpc) is 2.37. The van der Waals surface area contributed by atoms with E-state index in [1.54, 1.807) is 0 Å². The van der Waals surface area contributed by atoms with Crippen molar-refractivity contribution >= 4 is 11.8 Å². The van der Waals surface area contributed by atoms with Gasteiger partial charge in [-0.25, -0.2) is 0 Å². The Morgan fingerprint density at radius 1 is 1.38 bits per heavy atom. The Bertz CT molecular complexity index is 156. The summed E-state index contributed by atoms with van der Waals surface area (Å²) < 4.78 is 5.50. The van der Waals surface area contributed by atoms with Gasteiger partial charge in [0.2, 0.25) is 0 Å². The van der Waals surface area contributed by atoms with Gasteiger partial charge in [-0.1, -0.05) is 6.92 Å². The Morgan fingerprint density at radius 3 is 3.08 bits per heavy atom. The topological polar surface area (TPSA) is 21.3 Å². The van der Waals surface area contributed by atoms with Crippen LogP contribution in [0.3, 0.4) is 0 Å². The molecular weight excluding hydrogens is 182 g/mol. The van der Waals surface area contributed by atoms with Crippen LogP contribution >= 0.6 is 11.8 Å². The highest BCUT2D eigenvalue weighted by atomic mass is 32.2. The molecule has 0 amide bonds. The molecule has 2 nitrogen and oxygen atoms in total. The molecule has 2 aliphatic heterocycles. The molecule has 0 aromatic carbocycles. The van der Waals surface area contributed by atoms with Crippen molar-refractivity contribution in [3.8, 4) is 0 Å². The number of nitrogens with one attached hydrogen (secondary N) is 1. The third-order valence-corrected chi connectivity index (χ3v) is 4.78. The van der Waals surface area contributed by atoms with E-state index >= 15 is 0 Å². The Morgan fingerprint density at radius 2 is 2.31 bits per heavy atom. The Balaban J connectivity index is 1.93. The second-order valence-electron chi connectivity index (χ2n) is 4.26. The normalized spacial score (nSPS) is 41.8. The molecule has 0 aromatic rings. The third kappa shape index (κ3) is 2.39. The highest BCUT2D eigenvalue weighted by molar-refractivity contribution is 8.00. The summed E-state index contributed by atoms with van der Waals surface area (Å²) >= 11 is 2.12. The molecule has 13 heavy (non-hydrogen) atoms. The van der Waals surface area contributed by atoms with Crippen molar-refractivity contribution in [1.29, 1.82) is 0 Å². The molecule has 1 N–H and O–H groups in total. The van der Waals surface area contributed by atoms with E-state index in [2.05, 4.69) is 24.0 Å². The van der Waals surface area contributed by atoms with Gasteiger partial charge in [-0.3, -0.25) is 0 Å². The Kier molecular flexibility index (Phi) is 3.17. The maximum Gasteiger partial charge on any atom is 0.0668 e. The van der Waals surface area contributed by atoms with Crippen molar-refractivity contribution < 1.29 is 4.74 Å². The summed E-state index contributed by atoms with van der Waals surface area (Å²) in [6.07, 6.45) is 3.68. The first-order chi connectivity index (χ1) is 6.31. The number of rotatable bonds is 0. The molecule has 0 aliphatic carbocycles. The van der Waals surface area contributed by atoms with E-state index in [0.717, 1.165) is 19.1 Å². The summed E-state index contributed by atoms with van der Waals surface area (Å²) in [6, 6.07) is 0. The van der Waals surface area contributed by atoms with Crippen molar-refractivity contribution in [2.45, 2.75) is 31.1 Å². The number of hydrogen-bond donors (Lipinski definition) is 1. The van der Waals surface area contributed by atoms with E-state index < -0.39 is 0 Å². The van der Waals surface area contributed by atoms with Crippen LogP contribution in [0.4, 0.5) is 0 Å². The molecule has 2 heterocycles. The van der Waals surface area contributed by atoms with Gasteiger partial charge in [0, 0.05) is 13.2 Å². The lowest BCUT2D eigenvalue weighted by Gasteiger charge is -2.39. The van der Waals surface area contributed by atoms with E-state index in [1.807, 2.05) is 0 Å². The molecule has 2 rings (SSSR count). The van der Waals surface area contributed by atoms with Crippen LogP contribution in [0, 0.1) is 5.92 Å². The minimum Gasteiger partial charge on any atom is -0.381 e. The van der Waals surface area contributed by atoms with E-state index in [4.69, 9.17) is 4.74 Å². The largest absolute Gasteiger partial charge is 0.381 e. The summed E-state index contributed by atoms with van der Waals surface area (Å²) in [5.74, 6) is 2.15. The van der Waals surface area contributed by atoms with Crippen LogP contribution in [0.1, 0.15) is 26.2 Å². The lowest BCUT2D eigenvalue weighted by atomic mass is 10.1. The molecule has 0 saturated carbocycles. The first kappa shape index (κ1) is 9.81. The van der Waals surface area contributed by atoms with Gasteiger partial charge in [0.25, 0.3) is 0 Å². The van der Waals surface area contributed by atoms with Gasteiger partial charge in [-0.2, -0.15) is 0 Å². The smallest absolute Gasteiger partial charge is 0.0668 e. The van der Waals surface area contributed by atoms with Crippen molar-refractivity contribution in [2.75, 3.05) is 25.5 Å². The minimum absolute atomic E-state index is 0.364. The van der Waals surface area contributed by atoms with E-state index in [1.165, 1.54) is 31.6 Å². The zero-order valence-corrected chi connectivity index (χ0v) is 9.16. The molecule has 2 unspecified atom stereocenters. The summed E-state index contributed by atoms with van der Waals surface area (Å²) in [4.78, 5) is 0.364. The molecule has 3 heteroatoms. The van der Waals surface area contributed by atoms with Gasteiger partial charge in [0.15, 0.2) is 0 Å². The third-order valence-electron chi connectivity index (χ3n) is 2.94. The SMILES string of the molecule is CC1CNC2(CCCOCC2)SC1. The molecule has 0 bridgehead atoms. The van der Waals surface area contributed by atoms with Crippen molar-refractivity contribution in [3.63, 3.8) is 0 Å². The van der Waals surface area contributed by atoms with E-state index in [0.29, 0.717) is 4.87 Å². The van der Waals surface area contributed by atoms with Crippen LogP contribution in [0.5, 0.6) is 0 Å². The summed E-state index contributed by atoms with van der Waals surface area (Å²) in [5, 5.41) is 3.71. The van der Waals surface area contributed by atoms with Gasteiger partial charge >= 0.3 is 0 Å². The molecule has 0 radical (unpaired) electrons. The second-order valence-corrected chi connectivity index (χ2v) is 5.66. The maximum atomic E-state index is 5.50. The summed E-state index contributed by atoms with van der Waals surface area (Å²) in [7, 11) is 0. The molecule has 2 fully saturated rings. The fourth-order valence-electron chi connectivity index (χ4n) is 2.02. The van der Waals surface area contributed by atoms with E-state index in [-0.39, 0.29) is 0 Å². The monoisotopic (exact) mass is 201 g/mol. The Hall–Kier alpha value is 0.270. The molecule has 0 aromatic heterocycles. The predicted octanol–water partition coefficient (Wildman–Crippen LogP) is 1.86. The molecule has 76 valence electrons. The molecule has 2 aliphatic rings. The van der Waals surface area contributed by atoms with Crippen molar-refractivity contribution in [2.24, 2.45) is 5.92 Å². The van der Waals surface area contributed by atoms with Gasteiger partial charge < -0.3 is 10.1 Å². The van der Waals surface area contributed by atoms with E-state index in [9.17, 15) is 0 Å². The van der Waals surface area contributed by atoms with Crippen molar-refractivity contribution in [3.05, 3.63) is 0 Å². The second kappa shape index (κ2) is 4.20. The minimum atomic E-state index is 0.364. The fraction of sp³-hybridized carbons (Fsp3) is 1.00. The summed E-state index contributed by atoms with van der Waals surface area (Å²) in [6.45, 7) is 5.40. The lowest BCUT2D eigenvalue weighted by molar-refractivity contribution is 0.141. The van der Waals surface area contributed by atoms with Crippen LogP contribution in [-0.2, 0) is 4.74 Å². The van der Waals surface area contributed by atoms with Gasteiger partial charge in [0.1, 0.15) is 0 Å². The zero-order valence-electron chi connectivity index (χ0n) is 8.34. The highest BCUT2D eigenvalue weighted by Crippen LogP contribution is 2.37. The predicted molar refractivity (Wildman–Crippen MR) is 57.0 cm³/mol. The molecule has 2 atom stereocenters. The average molecular weight is 201 g/mol. The van der Waals surface area contributed by atoms with Crippen LogP contribution in [0.15, 0.2) is 0 Å². The lowest BCUT2D eigenvalue weighted by Crippen LogP contribution is -2.48. The number of hydrogen-bond acceptors (Lipinski definition) is 3.